The average molecular weight is 493 g/mol. The van der Waals surface area contributed by atoms with E-state index in [1.165, 1.54) is 0 Å². The van der Waals surface area contributed by atoms with E-state index in [2.05, 4.69) is 5.32 Å². The standard InChI is InChI=1S/C28H32N2O4S/c1-20-7-11-22(12-8-20)27(28(32)29-18-21-9-13-23(33-2)14-10-21)30(19-24-5-3-15-34-24)26(31)17-25-6-4-16-35-25/h4,6-14,16,24,27H,3,5,15,17-19H2,1-2H3,(H,29,32)/t24-,27-/m0/s1. The molecule has 0 spiro atoms. The molecule has 1 aliphatic heterocycles. The maximum Gasteiger partial charge on any atom is 0.247 e. The van der Waals surface area contributed by atoms with Crippen molar-refractivity contribution in [3.63, 3.8) is 0 Å². The number of carbonyl (C=O) groups excluding carboxylic acids is 2. The smallest absolute Gasteiger partial charge is 0.247 e. The lowest BCUT2D eigenvalue weighted by Crippen LogP contribution is -2.47. The van der Waals surface area contributed by atoms with Gasteiger partial charge in [-0.1, -0.05) is 48.0 Å². The van der Waals surface area contributed by atoms with Crippen molar-refractivity contribution in [1.82, 2.24) is 10.2 Å². The van der Waals surface area contributed by atoms with Gasteiger partial charge in [0.1, 0.15) is 11.8 Å². The molecule has 2 aromatic carbocycles. The zero-order valence-corrected chi connectivity index (χ0v) is 21.1. The molecule has 7 heteroatoms. The van der Waals surface area contributed by atoms with Gasteiger partial charge in [-0.15, -0.1) is 11.3 Å². The van der Waals surface area contributed by atoms with Gasteiger partial charge in [-0.25, -0.2) is 0 Å². The number of hydrogen-bond acceptors (Lipinski definition) is 5. The van der Waals surface area contributed by atoms with Gasteiger partial charge in [-0.2, -0.15) is 0 Å². The lowest BCUT2D eigenvalue weighted by atomic mass is 10.0. The third-order valence-electron chi connectivity index (χ3n) is 6.23. The van der Waals surface area contributed by atoms with E-state index in [-0.39, 0.29) is 24.3 Å². The van der Waals surface area contributed by atoms with E-state index in [0.29, 0.717) is 19.7 Å². The molecule has 184 valence electrons. The van der Waals surface area contributed by atoms with Crippen molar-refractivity contribution in [1.29, 1.82) is 0 Å². The molecule has 0 unspecified atom stereocenters. The highest BCUT2D eigenvalue weighted by molar-refractivity contribution is 7.10. The molecule has 1 saturated heterocycles. The zero-order valence-electron chi connectivity index (χ0n) is 20.2. The van der Waals surface area contributed by atoms with Crippen LogP contribution in [0.1, 0.15) is 40.5 Å². The molecule has 3 aromatic rings. The topological polar surface area (TPSA) is 67.9 Å². The van der Waals surface area contributed by atoms with Gasteiger partial charge in [0.15, 0.2) is 0 Å². The Bertz CT molecular complexity index is 1090. The quantitative estimate of drug-likeness (QED) is 0.447. The van der Waals surface area contributed by atoms with E-state index in [4.69, 9.17) is 9.47 Å². The fourth-order valence-electron chi connectivity index (χ4n) is 4.27. The fourth-order valence-corrected chi connectivity index (χ4v) is 4.97. The van der Waals surface area contributed by atoms with Crippen LogP contribution in [0.3, 0.4) is 0 Å². The highest BCUT2D eigenvalue weighted by Gasteiger charge is 2.34. The second kappa shape index (κ2) is 12.0. The van der Waals surface area contributed by atoms with Gasteiger partial charge in [0.2, 0.25) is 11.8 Å². The number of methoxy groups -OCH3 is 1. The summed E-state index contributed by atoms with van der Waals surface area (Å²) in [4.78, 5) is 30.0. The summed E-state index contributed by atoms with van der Waals surface area (Å²) in [5, 5.41) is 5.02. The number of amides is 2. The van der Waals surface area contributed by atoms with Crippen molar-refractivity contribution < 1.29 is 19.1 Å². The van der Waals surface area contributed by atoms with Crippen LogP contribution in [-0.4, -0.2) is 43.1 Å². The van der Waals surface area contributed by atoms with Gasteiger partial charge in [0.05, 0.1) is 19.6 Å². The Kier molecular flexibility index (Phi) is 8.55. The van der Waals surface area contributed by atoms with E-state index in [1.807, 2.05) is 73.0 Å². The van der Waals surface area contributed by atoms with Gasteiger partial charge < -0.3 is 19.7 Å². The molecule has 1 aliphatic rings. The minimum Gasteiger partial charge on any atom is -0.497 e. The lowest BCUT2D eigenvalue weighted by molar-refractivity contribution is -0.142. The van der Waals surface area contributed by atoms with Crippen molar-refractivity contribution in [2.75, 3.05) is 20.3 Å². The Hall–Kier alpha value is -3.16. The molecule has 1 fully saturated rings. The Morgan fingerprint density at radius 3 is 2.54 bits per heavy atom. The van der Waals surface area contributed by atoms with E-state index >= 15 is 0 Å². The van der Waals surface area contributed by atoms with Crippen LogP contribution < -0.4 is 10.1 Å². The number of benzene rings is 2. The van der Waals surface area contributed by atoms with Gasteiger partial charge in [-0.05, 0) is 54.5 Å². The van der Waals surface area contributed by atoms with Crippen LogP contribution in [0.2, 0.25) is 0 Å². The SMILES string of the molecule is COc1ccc(CNC(=O)[C@H](c2ccc(C)cc2)N(C[C@@H]2CCCO2)C(=O)Cc2cccs2)cc1. The Morgan fingerprint density at radius 1 is 1.14 bits per heavy atom. The highest BCUT2D eigenvalue weighted by Crippen LogP contribution is 2.26. The molecule has 2 atom stereocenters. The molecule has 1 aromatic heterocycles. The average Bonchev–Trinajstić information content (AvgIpc) is 3.58. The second-order valence-corrected chi connectivity index (χ2v) is 9.85. The van der Waals surface area contributed by atoms with Gasteiger partial charge in [0.25, 0.3) is 0 Å². The number of ether oxygens (including phenoxy) is 2. The number of rotatable bonds is 10. The summed E-state index contributed by atoms with van der Waals surface area (Å²) in [6.07, 6.45) is 2.05. The summed E-state index contributed by atoms with van der Waals surface area (Å²) < 4.78 is 11.1. The Balaban J connectivity index is 1.60. The summed E-state index contributed by atoms with van der Waals surface area (Å²) in [6, 6.07) is 18.6. The van der Waals surface area contributed by atoms with Crippen molar-refractivity contribution in [3.05, 3.63) is 87.6 Å². The predicted molar refractivity (Wildman–Crippen MR) is 137 cm³/mol. The largest absolute Gasteiger partial charge is 0.497 e. The molecule has 35 heavy (non-hydrogen) atoms. The number of nitrogens with one attached hydrogen (secondary N) is 1. The van der Waals surface area contributed by atoms with Crippen molar-refractivity contribution in [2.24, 2.45) is 0 Å². The first-order valence-corrected chi connectivity index (χ1v) is 12.8. The van der Waals surface area contributed by atoms with Crippen LogP contribution in [-0.2, 0) is 27.3 Å². The number of hydrogen-bond donors (Lipinski definition) is 1. The fraction of sp³-hybridized carbons (Fsp3) is 0.357. The summed E-state index contributed by atoms with van der Waals surface area (Å²) >= 11 is 1.55. The molecule has 2 heterocycles. The molecule has 0 bridgehead atoms. The molecule has 1 N–H and O–H groups in total. The predicted octanol–water partition coefficient (Wildman–Crippen LogP) is 4.67. The van der Waals surface area contributed by atoms with Crippen LogP contribution in [0, 0.1) is 6.92 Å². The molecule has 6 nitrogen and oxygen atoms in total. The van der Waals surface area contributed by atoms with Crippen molar-refractivity contribution >= 4 is 23.2 Å². The monoisotopic (exact) mass is 492 g/mol. The highest BCUT2D eigenvalue weighted by atomic mass is 32.1. The van der Waals surface area contributed by atoms with E-state index < -0.39 is 6.04 Å². The molecule has 0 saturated carbocycles. The van der Waals surface area contributed by atoms with E-state index in [9.17, 15) is 9.59 Å². The lowest BCUT2D eigenvalue weighted by Gasteiger charge is -2.33. The number of thiophene rings is 1. The number of nitrogens with zero attached hydrogens (tertiary/aromatic N) is 1. The van der Waals surface area contributed by atoms with Crippen LogP contribution in [0.5, 0.6) is 5.75 Å². The van der Waals surface area contributed by atoms with Crippen molar-refractivity contribution in [3.8, 4) is 5.75 Å². The van der Waals surface area contributed by atoms with Crippen LogP contribution in [0.4, 0.5) is 0 Å². The van der Waals surface area contributed by atoms with Crippen molar-refractivity contribution in [2.45, 2.75) is 44.9 Å². The second-order valence-electron chi connectivity index (χ2n) is 8.82. The number of carbonyl (C=O) groups is 2. The van der Waals surface area contributed by atoms with Crippen LogP contribution in [0.25, 0.3) is 0 Å². The summed E-state index contributed by atoms with van der Waals surface area (Å²) in [5.74, 6) is 0.481. The normalized spacial score (nSPS) is 16.0. The third kappa shape index (κ3) is 6.71. The minimum absolute atomic E-state index is 0.0652. The number of aryl methyl sites for hydroxylation is 1. The van der Waals surface area contributed by atoms with Crippen LogP contribution in [0.15, 0.2) is 66.0 Å². The molecule has 0 radical (unpaired) electrons. The first-order valence-electron chi connectivity index (χ1n) is 11.9. The molecular formula is C28H32N2O4S. The van der Waals surface area contributed by atoms with Gasteiger partial charge in [-0.3, -0.25) is 9.59 Å². The maximum absolute atomic E-state index is 13.7. The molecular weight excluding hydrogens is 460 g/mol. The third-order valence-corrected chi connectivity index (χ3v) is 7.11. The van der Waals surface area contributed by atoms with Crippen LogP contribution >= 0.6 is 11.3 Å². The Labute approximate surface area is 210 Å². The zero-order chi connectivity index (χ0) is 24.6. The van der Waals surface area contributed by atoms with E-state index in [0.717, 1.165) is 40.2 Å². The molecule has 4 rings (SSSR count). The van der Waals surface area contributed by atoms with Gasteiger partial charge in [0, 0.05) is 24.6 Å². The first-order chi connectivity index (χ1) is 17.0. The molecule has 0 aliphatic carbocycles. The minimum atomic E-state index is -0.745. The summed E-state index contributed by atoms with van der Waals surface area (Å²) in [7, 11) is 1.62. The Morgan fingerprint density at radius 2 is 1.91 bits per heavy atom. The summed E-state index contributed by atoms with van der Waals surface area (Å²) in [6.45, 7) is 3.45. The summed E-state index contributed by atoms with van der Waals surface area (Å²) in [5.41, 5.74) is 2.85. The first kappa shape index (κ1) is 24.9. The van der Waals surface area contributed by atoms with E-state index in [1.54, 1.807) is 23.3 Å². The maximum atomic E-state index is 13.7. The van der Waals surface area contributed by atoms with Gasteiger partial charge >= 0.3 is 0 Å². The molecule has 2 amide bonds.